The number of aliphatic hydroxyl groups is 2. The van der Waals surface area contributed by atoms with Crippen LogP contribution in [0, 0.1) is 0 Å². The minimum absolute atomic E-state index is 0.811. The van der Waals surface area contributed by atoms with Gasteiger partial charge in [-0.25, -0.2) is 0 Å². The summed E-state index contributed by atoms with van der Waals surface area (Å²) < 4.78 is 0. The lowest BCUT2D eigenvalue weighted by atomic mass is 9.78. The Bertz CT molecular complexity index is 276. The predicted octanol–water partition coefficient (Wildman–Crippen LogP) is 1.48. The molecule has 0 aromatic carbocycles. The molecule has 2 aliphatic rings. The van der Waals surface area contributed by atoms with Gasteiger partial charge in [-0.2, -0.15) is 0 Å². The first-order valence-corrected chi connectivity index (χ1v) is 4.82. The maximum atomic E-state index is 10.2. The second kappa shape index (κ2) is 3.23. The standard InChI is InChI=1S/C12H14O2/c13-11(7-3-1-4-8-11)12(14)9-5-2-6-10-12/h3-10,13-14H,1-2H2. The van der Waals surface area contributed by atoms with Crippen LogP contribution in [0.3, 0.4) is 0 Å². The van der Waals surface area contributed by atoms with Crippen molar-refractivity contribution in [2.24, 2.45) is 0 Å². The van der Waals surface area contributed by atoms with E-state index in [4.69, 9.17) is 0 Å². The molecule has 2 rings (SSSR count). The topological polar surface area (TPSA) is 40.5 Å². The highest BCUT2D eigenvalue weighted by atomic mass is 16.4. The van der Waals surface area contributed by atoms with E-state index in [0.29, 0.717) is 0 Å². The van der Waals surface area contributed by atoms with Gasteiger partial charge in [0.1, 0.15) is 11.2 Å². The summed E-state index contributed by atoms with van der Waals surface area (Å²) in [6.45, 7) is 0. The van der Waals surface area contributed by atoms with E-state index in [1.807, 2.05) is 24.3 Å². The van der Waals surface area contributed by atoms with E-state index in [1.165, 1.54) is 0 Å². The summed E-state index contributed by atoms with van der Waals surface area (Å²) in [4.78, 5) is 0. The van der Waals surface area contributed by atoms with Crippen molar-refractivity contribution in [1.82, 2.24) is 0 Å². The molecule has 0 saturated carbocycles. The van der Waals surface area contributed by atoms with Crippen molar-refractivity contribution in [3.63, 3.8) is 0 Å². The minimum Gasteiger partial charge on any atom is -0.378 e. The molecular formula is C12H14O2. The van der Waals surface area contributed by atoms with Gasteiger partial charge >= 0.3 is 0 Å². The molecule has 0 aliphatic heterocycles. The van der Waals surface area contributed by atoms with Crippen LogP contribution >= 0.6 is 0 Å². The van der Waals surface area contributed by atoms with Crippen molar-refractivity contribution in [2.75, 3.05) is 0 Å². The molecule has 0 radical (unpaired) electrons. The van der Waals surface area contributed by atoms with Crippen molar-refractivity contribution in [1.29, 1.82) is 0 Å². The zero-order valence-electron chi connectivity index (χ0n) is 7.93. The Kier molecular flexibility index (Phi) is 2.17. The summed E-state index contributed by atoms with van der Waals surface area (Å²) in [7, 11) is 0. The largest absolute Gasteiger partial charge is 0.378 e. The zero-order valence-corrected chi connectivity index (χ0v) is 7.93. The highest BCUT2D eigenvalue weighted by Crippen LogP contribution is 2.32. The highest BCUT2D eigenvalue weighted by molar-refractivity contribution is 5.37. The third-order valence-electron chi connectivity index (χ3n) is 2.67. The Morgan fingerprint density at radius 1 is 0.643 bits per heavy atom. The molecule has 0 atom stereocenters. The summed E-state index contributed by atoms with van der Waals surface area (Å²) in [5.74, 6) is 0. The lowest BCUT2D eigenvalue weighted by Crippen LogP contribution is -2.49. The predicted molar refractivity (Wildman–Crippen MR) is 55.7 cm³/mol. The number of rotatable bonds is 1. The molecule has 0 fully saturated rings. The number of hydrogen-bond donors (Lipinski definition) is 2. The van der Waals surface area contributed by atoms with Crippen molar-refractivity contribution in [3.05, 3.63) is 48.6 Å². The fourth-order valence-electron chi connectivity index (χ4n) is 1.79. The Morgan fingerprint density at radius 3 is 1.21 bits per heavy atom. The molecule has 0 bridgehead atoms. The van der Waals surface area contributed by atoms with E-state index in [1.54, 1.807) is 24.3 Å². The van der Waals surface area contributed by atoms with Crippen molar-refractivity contribution >= 4 is 0 Å². The maximum absolute atomic E-state index is 10.2. The monoisotopic (exact) mass is 190 g/mol. The molecule has 0 spiro atoms. The first-order chi connectivity index (χ1) is 6.66. The van der Waals surface area contributed by atoms with E-state index in [2.05, 4.69) is 0 Å². The van der Waals surface area contributed by atoms with Gasteiger partial charge in [0.15, 0.2) is 0 Å². The molecule has 2 nitrogen and oxygen atoms in total. The summed E-state index contributed by atoms with van der Waals surface area (Å²) in [5.41, 5.74) is -2.59. The van der Waals surface area contributed by atoms with E-state index in [9.17, 15) is 10.2 Å². The van der Waals surface area contributed by atoms with E-state index in [-0.39, 0.29) is 0 Å². The highest BCUT2D eigenvalue weighted by Gasteiger charge is 2.42. The maximum Gasteiger partial charge on any atom is 0.137 e. The van der Waals surface area contributed by atoms with Gasteiger partial charge in [0.2, 0.25) is 0 Å². The minimum atomic E-state index is -1.29. The smallest absolute Gasteiger partial charge is 0.137 e. The SMILES string of the molecule is OC1(C2(O)C=CCC=C2)C=CCC=C1. The van der Waals surface area contributed by atoms with E-state index >= 15 is 0 Å². The molecule has 2 heteroatoms. The average Bonchev–Trinajstić information content (AvgIpc) is 2.20. The Labute approximate surface area is 83.6 Å². The van der Waals surface area contributed by atoms with E-state index in [0.717, 1.165) is 12.8 Å². The second-order valence-corrected chi connectivity index (χ2v) is 3.73. The van der Waals surface area contributed by atoms with Gasteiger partial charge in [-0.1, -0.05) is 24.3 Å². The Balaban J connectivity index is 2.36. The molecule has 0 amide bonds. The lowest BCUT2D eigenvalue weighted by Gasteiger charge is -2.37. The first kappa shape index (κ1) is 9.44. The van der Waals surface area contributed by atoms with Crippen LogP contribution in [0.4, 0.5) is 0 Å². The molecular weight excluding hydrogens is 176 g/mol. The van der Waals surface area contributed by atoms with Crippen LogP contribution in [0.15, 0.2) is 48.6 Å². The van der Waals surface area contributed by atoms with Gasteiger partial charge < -0.3 is 10.2 Å². The summed E-state index contributed by atoms with van der Waals surface area (Å²) in [6, 6.07) is 0. The summed E-state index contributed by atoms with van der Waals surface area (Å²) in [6.07, 6.45) is 15.6. The lowest BCUT2D eigenvalue weighted by molar-refractivity contribution is -0.0312. The van der Waals surface area contributed by atoms with Gasteiger partial charge in [0.25, 0.3) is 0 Å². The average molecular weight is 190 g/mol. The van der Waals surface area contributed by atoms with Crippen LogP contribution in [-0.2, 0) is 0 Å². The van der Waals surface area contributed by atoms with Gasteiger partial charge in [-0.3, -0.25) is 0 Å². The quantitative estimate of drug-likeness (QED) is 0.615. The number of allylic oxidation sites excluding steroid dienone is 4. The molecule has 2 N–H and O–H groups in total. The van der Waals surface area contributed by atoms with Gasteiger partial charge in [-0.05, 0) is 37.1 Å². The molecule has 0 aromatic rings. The Morgan fingerprint density at radius 2 is 0.929 bits per heavy atom. The van der Waals surface area contributed by atoms with Crippen LogP contribution in [-0.4, -0.2) is 21.4 Å². The van der Waals surface area contributed by atoms with Crippen molar-refractivity contribution in [3.8, 4) is 0 Å². The summed E-state index contributed by atoms with van der Waals surface area (Å²) in [5, 5.41) is 20.5. The fourth-order valence-corrected chi connectivity index (χ4v) is 1.79. The van der Waals surface area contributed by atoms with Crippen molar-refractivity contribution < 1.29 is 10.2 Å². The molecule has 0 saturated heterocycles. The van der Waals surface area contributed by atoms with Crippen molar-refractivity contribution in [2.45, 2.75) is 24.0 Å². The van der Waals surface area contributed by atoms with E-state index < -0.39 is 11.2 Å². The molecule has 14 heavy (non-hydrogen) atoms. The molecule has 0 aromatic heterocycles. The van der Waals surface area contributed by atoms with Crippen LogP contribution in [0.5, 0.6) is 0 Å². The van der Waals surface area contributed by atoms with Gasteiger partial charge in [0, 0.05) is 0 Å². The number of hydrogen-bond acceptors (Lipinski definition) is 2. The third kappa shape index (κ3) is 1.37. The normalized spacial score (nSPS) is 26.7. The molecule has 0 heterocycles. The molecule has 2 aliphatic carbocycles. The van der Waals surface area contributed by atoms with Crippen LogP contribution in [0.25, 0.3) is 0 Å². The van der Waals surface area contributed by atoms with Crippen LogP contribution in [0.2, 0.25) is 0 Å². The summed E-state index contributed by atoms with van der Waals surface area (Å²) >= 11 is 0. The Hall–Kier alpha value is -1.12. The van der Waals surface area contributed by atoms with Crippen LogP contribution in [0.1, 0.15) is 12.8 Å². The fraction of sp³-hybridized carbons (Fsp3) is 0.333. The van der Waals surface area contributed by atoms with Crippen LogP contribution < -0.4 is 0 Å². The third-order valence-corrected chi connectivity index (χ3v) is 2.67. The first-order valence-electron chi connectivity index (χ1n) is 4.82. The van der Waals surface area contributed by atoms with Gasteiger partial charge in [0.05, 0.1) is 0 Å². The zero-order chi connectivity index (χ0) is 10.1. The molecule has 0 unspecified atom stereocenters. The van der Waals surface area contributed by atoms with Gasteiger partial charge in [-0.15, -0.1) is 0 Å². The molecule has 74 valence electrons. The second-order valence-electron chi connectivity index (χ2n) is 3.73.